The highest BCUT2D eigenvalue weighted by atomic mass is 127. The fourth-order valence-electron chi connectivity index (χ4n) is 3.71. The normalized spacial score (nSPS) is 19.8. The van der Waals surface area contributed by atoms with Crippen molar-refractivity contribution < 1.29 is 4.74 Å². The summed E-state index contributed by atoms with van der Waals surface area (Å²) in [6.45, 7) is 8.05. The van der Waals surface area contributed by atoms with Crippen molar-refractivity contribution in [2.45, 2.75) is 32.7 Å². The number of likely N-dealkylation sites (tertiary alicyclic amines) is 1. The molecule has 1 aliphatic heterocycles. The first-order chi connectivity index (χ1) is 13.2. The monoisotopic (exact) mass is 497 g/mol. The lowest BCUT2D eigenvalue weighted by atomic mass is 9.93. The number of ether oxygens (including phenoxy) is 1. The third-order valence-corrected chi connectivity index (χ3v) is 5.30. The number of para-hydroxylation sites is 1. The van der Waals surface area contributed by atoms with Gasteiger partial charge in [0, 0.05) is 38.6 Å². The third-order valence-electron chi connectivity index (χ3n) is 5.30. The van der Waals surface area contributed by atoms with Crippen LogP contribution in [-0.4, -0.2) is 53.7 Å². The first-order valence-electron chi connectivity index (χ1n) is 9.85. The summed E-state index contributed by atoms with van der Waals surface area (Å²) in [4.78, 5) is 11.5. The van der Waals surface area contributed by atoms with E-state index in [2.05, 4.69) is 51.9 Å². The van der Waals surface area contributed by atoms with Crippen LogP contribution in [0, 0.1) is 5.92 Å². The number of guanidine groups is 1. The first kappa shape index (κ1) is 22.5. The van der Waals surface area contributed by atoms with Crippen LogP contribution in [0.5, 0.6) is 5.75 Å². The molecule has 1 aromatic carbocycles. The molecular formula is C21H32IN5O. The molecule has 7 heteroatoms. The van der Waals surface area contributed by atoms with Crippen LogP contribution in [0.3, 0.4) is 0 Å². The summed E-state index contributed by atoms with van der Waals surface area (Å²) in [6, 6.07) is 8.60. The highest BCUT2D eigenvalue weighted by Crippen LogP contribution is 2.27. The van der Waals surface area contributed by atoms with E-state index in [4.69, 9.17) is 9.73 Å². The molecule has 2 unspecified atom stereocenters. The zero-order valence-corrected chi connectivity index (χ0v) is 19.4. The van der Waals surface area contributed by atoms with Crippen molar-refractivity contribution in [1.29, 1.82) is 0 Å². The summed E-state index contributed by atoms with van der Waals surface area (Å²) >= 11 is 0. The Morgan fingerprint density at radius 1 is 1.36 bits per heavy atom. The van der Waals surface area contributed by atoms with Gasteiger partial charge in [-0.1, -0.05) is 25.1 Å². The van der Waals surface area contributed by atoms with E-state index in [0.29, 0.717) is 12.0 Å². The van der Waals surface area contributed by atoms with Crippen LogP contribution in [0.2, 0.25) is 0 Å². The van der Waals surface area contributed by atoms with Gasteiger partial charge in [0.15, 0.2) is 5.96 Å². The van der Waals surface area contributed by atoms with E-state index in [-0.39, 0.29) is 24.0 Å². The predicted octanol–water partition coefficient (Wildman–Crippen LogP) is 3.60. The Kier molecular flexibility index (Phi) is 9.08. The second kappa shape index (κ2) is 11.3. The summed E-state index contributed by atoms with van der Waals surface area (Å²) in [5.74, 6) is 2.57. The number of methoxy groups -OCH3 is 1. The molecule has 0 radical (unpaired) electrons. The van der Waals surface area contributed by atoms with Crippen molar-refractivity contribution in [3.05, 3.63) is 48.5 Å². The number of rotatable bonds is 6. The molecule has 1 aromatic heterocycles. The molecule has 1 aliphatic rings. The highest BCUT2D eigenvalue weighted by molar-refractivity contribution is 14.0. The molecule has 0 bridgehead atoms. The van der Waals surface area contributed by atoms with Crippen LogP contribution >= 0.6 is 24.0 Å². The predicted molar refractivity (Wildman–Crippen MR) is 125 cm³/mol. The van der Waals surface area contributed by atoms with Gasteiger partial charge in [0.1, 0.15) is 5.75 Å². The van der Waals surface area contributed by atoms with Gasteiger partial charge in [-0.15, -0.1) is 24.0 Å². The van der Waals surface area contributed by atoms with Gasteiger partial charge in [0.2, 0.25) is 0 Å². The summed E-state index contributed by atoms with van der Waals surface area (Å²) < 4.78 is 7.68. The lowest BCUT2D eigenvalue weighted by Gasteiger charge is -2.39. The molecule has 28 heavy (non-hydrogen) atoms. The van der Waals surface area contributed by atoms with Gasteiger partial charge in [-0.05, 0) is 37.3 Å². The van der Waals surface area contributed by atoms with E-state index in [1.54, 1.807) is 7.11 Å². The highest BCUT2D eigenvalue weighted by Gasteiger charge is 2.28. The zero-order chi connectivity index (χ0) is 19.1. The minimum atomic E-state index is 0. The van der Waals surface area contributed by atoms with Crippen molar-refractivity contribution in [2.24, 2.45) is 10.9 Å². The number of benzene rings is 1. The molecule has 0 spiro atoms. The second-order valence-electron chi connectivity index (χ2n) is 7.09. The van der Waals surface area contributed by atoms with Gasteiger partial charge in [0.25, 0.3) is 0 Å². The molecule has 6 nitrogen and oxygen atoms in total. The maximum atomic E-state index is 5.45. The van der Waals surface area contributed by atoms with Crippen molar-refractivity contribution in [3.8, 4) is 5.75 Å². The van der Waals surface area contributed by atoms with Gasteiger partial charge in [0.05, 0.1) is 19.5 Å². The second-order valence-corrected chi connectivity index (χ2v) is 7.09. The van der Waals surface area contributed by atoms with Gasteiger partial charge in [-0.25, -0.2) is 4.98 Å². The van der Waals surface area contributed by atoms with E-state index in [1.807, 2.05) is 24.7 Å². The maximum absolute atomic E-state index is 5.45. The number of nitrogens with one attached hydrogen (secondary N) is 1. The van der Waals surface area contributed by atoms with Crippen LogP contribution < -0.4 is 10.1 Å². The molecule has 2 atom stereocenters. The topological polar surface area (TPSA) is 54.7 Å². The van der Waals surface area contributed by atoms with Gasteiger partial charge >= 0.3 is 0 Å². The fraction of sp³-hybridized carbons (Fsp3) is 0.524. The Labute approximate surface area is 185 Å². The Hall–Kier alpha value is -1.77. The summed E-state index contributed by atoms with van der Waals surface area (Å²) in [6.07, 6.45) is 7.87. The number of imidazole rings is 1. The van der Waals surface area contributed by atoms with Crippen LogP contribution in [0.1, 0.15) is 31.9 Å². The molecule has 1 saturated heterocycles. The first-order valence-corrected chi connectivity index (χ1v) is 9.85. The van der Waals surface area contributed by atoms with E-state index < -0.39 is 0 Å². The molecule has 0 saturated carbocycles. The molecule has 154 valence electrons. The molecule has 1 fully saturated rings. The Morgan fingerprint density at radius 3 is 2.89 bits per heavy atom. The Balaban J connectivity index is 0.00000280. The lowest BCUT2D eigenvalue weighted by molar-refractivity contribution is 0.189. The number of halogens is 1. The average molecular weight is 497 g/mol. The summed E-state index contributed by atoms with van der Waals surface area (Å²) in [5, 5.41) is 3.47. The van der Waals surface area contributed by atoms with Crippen molar-refractivity contribution in [1.82, 2.24) is 19.8 Å². The maximum Gasteiger partial charge on any atom is 0.193 e. The van der Waals surface area contributed by atoms with Crippen LogP contribution in [0.15, 0.2) is 48.0 Å². The molecule has 0 amide bonds. The summed E-state index contributed by atoms with van der Waals surface area (Å²) in [7, 11) is 1.72. The average Bonchev–Trinajstić information content (AvgIpc) is 3.23. The quantitative estimate of drug-likeness (QED) is 0.377. The number of hydrogen-bond acceptors (Lipinski definition) is 3. The van der Waals surface area contributed by atoms with Gasteiger partial charge < -0.3 is 19.5 Å². The van der Waals surface area contributed by atoms with E-state index in [1.165, 1.54) is 5.56 Å². The summed E-state index contributed by atoms with van der Waals surface area (Å²) in [5.41, 5.74) is 1.20. The molecular weight excluding hydrogens is 465 g/mol. The lowest BCUT2D eigenvalue weighted by Crippen LogP contribution is -2.49. The number of piperidine rings is 1. The number of aliphatic imine (C=N–C) groups is 1. The molecule has 2 heterocycles. The standard InChI is InChI=1S/C21H31N5O.HI/c1-4-23-21(24-11-9-18-7-5-6-8-20(18)27-3)25-13-10-17(2)19(15-25)26-14-12-22-16-26;/h5-8,12,14,16-17,19H,4,9-11,13,15H2,1-3H3,(H,23,24);1H. The zero-order valence-electron chi connectivity index (χ0n) is 17.0. The van der Waals surface area contributed by atoms with E-state index in [0.717, 1.165) is 50.7 Å². The largest absolute Gasteiger partial charge is 0.496 e. The van der Waals surface area contributed by atoms with Crippen LogP contribution in [0.25, 0.3) is 0 Å². The van der Waals surface area contributed by atoms with Gasteiger partial charge in [-0.3, -0.25) is 4.99 Å². The van der Waals surface area contributed by atoms with Gasteiger partial charge in [-0.2, -0.15) is 0 Å². The minimum absolute atomic E-state index is 0. The van der Waals surface area contributed by atoms with Crippen LogP contribution in [0.4, 0.5) is 0 Å². The fourth-order valence-corrected chi connectivity index (χ4v) is 3.71. The number of nitrogens with zero attached hydrogens (tertiary/aromatic N) is 4. The van der Waals surface area contributed by atoms with Crippen molar-refractivity contribution in [3.63, 3.8) is 0 Å². The minimum Gasteiger partial charge on any atom is -0.496 e. The Bertz CT molecular complexity index is 734. The van der Waals surface area contributed by atoms with E-state index in [9.17, 15) is 0 Å². The SMILES string of the molecule is CCNC(=NCCc1ccccc1OC)N1CCC(C)C(n2ccnc2)C1.I. The Morgan fingerprint density at radius 2 is 2.18 bits per heavy atom. The number of aromatic nitrogens is 2. The molecule has 2 aromatic rings. The molecule has 0 aliphatic carbocycles. The van der Waals surface area contributed by atoms with Crippen LogP contribution in [-0.2, 0) is 6.42 Å². The number of hydrogen-bond donors (Lipinski definition) is 1. The van der Waals surface area contributed by atoms with Crippen molar-refractivity contribution in [2.75, 3.05) is 33.3 Å². The third kappa shape index (κ3) is 5.62. The molecule has 3 rings (SSSR count). The smallest absolute Gasteiger partial charge is 0.193 e. The molecule has 1 N–H and O–H groups in total. The van der Waals surface area contributed by atoms with Crippen molar-refractivity contribution >= 4 is 29.9 Å². The van der Waals surface area contributed by atoms with E-state index >= 15 is 0 Å².